The maximum atomic E-state index is 11.7. The molecule has 0 saturated heterocycles. The lowest BCUT2D eigenvalue weighted by Gasteiger charge is -2.25. The lowest BCUT2D eigenvalue weighted by Crippen LogP contribution is -2.55. The Morgan fingerprint density at radius 2 is 2.16 bits per heavy atom. The molecule has 1 aromatic rings. The van der Waals surface area contributed by atoms with Gasteiger partial charge in [0, 0.05) is 0 Å². The second kappa shape index (κ2) is 5.29. The normalized spacial score (nSPS) is 17.1. The third kappa shape index (κ3) is 3.04. The van der Waals surface area contributed by atoms with Crippen LogP contribution in [0.5, 0.6) is 0 Å². The molecule has 0 atom stereocenters. The zero-order chi connectivity index (χ0) is 13.9. The summed E-state index contributed by atoms with van der Waals surface area (Å²) in [6.07, 6.45) is 4.11. The van der Waals surface area contributed by atoms with Gasteiger partial charge in [-0.25, -0.2) is 14.6 Å². The van der Waals surface area contributed by atoms with Crippen LogP contribution in [0.15, 0.2) is 10.6 Å². The molecule has 3 N–H and O–H groups in total. The molecule has 0 radical (unpaired) electrons. The van der Waals surface area contributed by atoms with Crippen LogP contribution in [-0.2, 0) is 11.3 Å². The zero-order valence-corrected chi connectivity index (χ0v) is 10.7. The Balaban J connectivity index is 1.88. The van der Waals surface area contributed by atoms with E-state index in [9.17, 15) is 14.7 Å². The van der Waals surface area contributed by atoms with Gasteiger partial charge in [-0.05, 0) is 19.8 Å². The number of aliphatic carboxylic acids is 1. The summed E-state index contributed by atoms with van der Waals surface area (Å²) in [7, 11) is 0. The Morgan fingerprint density at radius 1 is 1.47 bits per heavy atom. The molecule has 1 saturated carbocycles. The van der Waals surface area contributed by atoms with E-state index >= 15 is 0 Å². The zero-order valence-electron chi connectivity index (χ0n) is 10.7. The number of aryl methyl sites for hydroxylation is 1. The van der Waals surface area contributed by atoms with Crippen LogP contribution in [0, 0.1) is 6.92 Å². The van der Waals surface area contributed by atoms with Crippen molar-refractivity contribution in [2.45, 2.75) is 44.7 Å². The number of nitrogens with zero attached hydrogens (tertiary/aromatic N) is 1. The van der Waals surface area contributed by atoms with Gasteiger partial charge in [0.15, 0.2) is 0 Å². The molecule has 0 aromatic carbocycles. The van der Waals surface area contributed by atoms with Gasteiger partial charge in [-0.15, -0.1) is 0 Å². The molecule has 2 amide bonds. The number of hydrogen-bond acceptors (Lipinski definition) is 4. The predicted octanol–water partition coefficient (Wildman–Crippen LogP) is 1.18. The first-order valence-electron chi connectivity index (χ1n) is 6.22. The van der Waals surface area contributed by atoms with Crippen molar-refractivity contribution in [3.63, 3.8) is 0 Å². The van der Waals surface area contributed by atoms with Gasteiger partial charge in [-0.2, -0.15) is 0 Å². The van der Waals surface area contributed by atoms with E-state index in [2.05, 4.69) is 15.6 Å². The standard InChI is InChI=1S/C12H17N3O4/c1-8-6-13-9(19-8)7-14-11(18)15-12(10(16)17)4-2-3-5-12/h6H,2-5,7H2,1H3,(H,16,17)(H2,14,15,18). The Morgan fingerprint density at radius 3 is 2.68 bits per heavy atom. The first-order valence-corrected chi connectivity index (χ1v) is 6.22. The molecule has 0 spiro atoms. The smallest absolute Gasteiger partial charge is 0.329 e. The minimum atomic E-state index is -1.13. The molecule has 7 heteroatoms. The van der Waals surface area contributed by atoms with Crippen LogP contribution in [0.2, 0.25) is 0 Å². The van der Waals surface area contributed by atoms with E-state index in [0.717, 1.165) is 12.8 Å². The summed E-state index contributed by atoms with van der Waals surface area (Å²) in [5.74, 6) is 0.0746. The summed E-state index contributed by atoms with van der Waals surface area (Å²) >= 11 is 0. The number of rotatable bonds is 4. The van der Waals surface area contributed by atoms with Crippen LogP contribution in [-0.4, -0.2) is 27.6 Å². The number of aromatic nitrogens is 1. The van der Waals surface area contributed by atoms with Crippen LogP contribution in [0.1, 0.15) is 37.3 Å². The van der Waals surface area contributed by atoms with Gasteiger partial charge in [-0.3, -0.25) is 0 Å². The SMILES string of the molecule is Cc1cnc(CNC(=O)NC2(C(=O)O)CCCC2)o1. The first kappa shape index (κ1) is 13.4. The van der Waals surface area contributed by atoms with E-state index in [1.165, 1.54) is 0 Å². The van der Waals surface area contributed by atoms with Crippen molar-refractivity contribution >= 4 is 12.0 Å². The number of oxazole rings is 1. The number of amides is 2. The first-order chi connectivity index (χ1) is 9.02. The molecule has 1 heterocycles. The molecular formula is C12H17N3O4. The predicted molar refractivity (Wildman–Crippen MR) is 65.4 cm³/mol. The quantitative estimate of drug-likeness (QED) is 0.759. The fraction of sp³-hybridized carbons (Fsp3) is 0.583. The fourth-order valence-corrected chi connectivity index (χ4v) is 2.27. The van der Waals surface area contributed by atoms with Crippen LogP contribution in [0.3, 0.4) is 0 Å². The molecule has 0 bridgehead atoms. The molecule has 1 aromatic heterocycles. The van der Waals surface area contributed by atoms with Gasteiger partial charge >= 0.3 is 12.0 Å². The molecule has 0 unspecified atom stereocenters. The van der Waals surface area contributed by atoms with Crippen molar-refractivity contribution in [2.24, 2.45) is 0 Å². The molecular weight excluding hydrogens is 250 g/mol. The second-order valence-corrected chi connectivity index (χ2v) is 4.77. The highest BCUT2D eigenvalue weighted by Gasteiger charge is 2.42. The molecule has 19 heavy (non-hydrogen) atoms. The van der Waals surface area contributed by atoms with E-state index in [1.54, 1.807) is 13.1 Å². The minimum absolute atomic E-state index is 0.134. The molecule has 1 aliphatic rings. The lowest BCUT2D eigenvalue weighted by atomic mass is 9.98. The van der Waals surface area contributed by atoms with E-state index in [0.29, 0.717) is 24.5 Å². The summed E-state index contributed by atoms with van der Waals surface area (Å²) in [4.78, 5) is 26.9. The van der Waals surface area contributed by atoms with Crippen LogP contribution < -0.4 is 10.6 Å². The third-order valence-corrected chi connectivity index (χ3v) is 3.29. The average Bonchev–Trinajstić information content (AvgIpc) is 2.97. The number of carboxylic acid groups (broad SMARTS) is 1. The number of carboxylic acids is 1. The number of carbonyl (C=O) groups is 2. The Kier molecular flexibility index (Phi) is 3.73. The van der Waals surface area contributed by atoms with Crippen LogP contribution in [0.25, 0.3) is 0 Å². The summed E-state index contributed by atoms with van der Waals surface area (Å²) in [6, 6.07) is -0.514. The second-order valence-electron chi connectivity index (χ2n) is 4.77. The Labute approximate surface area is 110 Å². The Bertz CT molecular complexity index is 477. The number of urea groups is 1. The molecule has 7 nitrogen and oxygen atoms in total. The van der Waals surface area contributed by atoms with E-state index < -0.39 is 17.5 Å². The lowest BCUT2D eigenvalue weighted by molar-refractivity contribution is -0.144. The largest absolute Gasteiger partial charge is 0.480 e. The van der Waals surface area contributed by atoms with Gasteiger partial charge in [0.05, 0.1) is 12.7 Å². The van der Waals surface area contributed by atoms with E-state index in [-0.39, 0.29) is 6.54 Å². The summed E-state index contributed by atoms with van der Waals surface area (Å²) in [5, 5.41) is 14.3. The molecule has 2 rings (SSSR count). The highest BCUT2D eigenvalue weighted by Crippen LogP contribution is 2.29. The average molecular weight is 267 g/mol. The summed E-state index contributed by atoms with van der Waals surface area (Å²) < 4.78 is 5.21. The maximum Gasteiger partial charge on any atom is 0.329 e. The van der Waals surface area contributed by atoms with Crippen molar-refractivity contribution in [3.8, 4) is 0 Å². The molecule has 1 aliphatic carbocycles. The van der Waals surface area contributed by atoms with E-state index in [1.807, 2.05) is 0 Å². The molecule has 0 aliphatic heterocycles. The minimum Gasteiger partial charge on any atom is -0.480 e. The highest BCUT2D eigenvalue weighted by molar-refractivity contribution is 5.86. The monoisotopic (exact) mass is 267 g/mol. The van der Waals surface area contributed by atoms with Gasteiger partial charge in [0.1, 0.15) is 11.3 Å². The van der Waals surface area contributed by atoms with Gasteiger partial charge in [-0.1, -0.05) is 12.8 Å². The fourth-order valence-electron chi connectivity index (χ4n) is 2.27. The van der Waals surface area contributed by atoms with Gasteiger partial charge in [0.2, 0.25) is 5.89 Å². The van der Waals surface area contributed by atoms with Crippen molar-refractivity contribution in [1.82, 2.24) is 15.6 Å². The highest BCUT2D eigenvalue weighted by atomic mass is 16.4. The van der Waals surface area contributed by atoms with Crippen molar-refractivity contribution in [2.75, 3.05) is 0 Å². The van der Waals surface area contributed by atoms with Gasteiger partial charge in [0.25, 0.3) is 0 Å². The van der Waals surface area contributed by atoms with Crippen LogP contribution >= 0.6 is 0 Å². The van der Waals surface area contributed by atoms with Crippen LogP contribution in [0.4, 0.5) is 4.79 Å². The third-order valence-electron chi connectivity index (χ3n) is 3.29. The number of carbonyl (C=O) groups excluding carboxylic acids is 1. The number of nitrogens with one attached hydrogen (secondary N) is 2. The Hall–Kier alpha value is -2.05. The molecule has 1 fully saturated rings. The summed E-state index contributed by atoms with van der Waals surface area (Å²) in [5.41, 5.74) is -1.13. The van der Waals surface area contributed by atoms with Crippen molar-refractivity contribution < 1.29 is 19.1 Å². The van der Waals surface area contributed by atoms with Crippen molar-refractivity contribution in [3.05, 3.63) is 17.8 Å². The maximum absolute atomic E-state index is 11.7. The van der Waals surface area contributed by atoms with Crippen molar-refractivity contribution in [1.29, 1.82) is 0 Å². The van der Waals surface area contributed by atoms with Gasteiger partial charge < -0.3 is 20.2 Å². The molecule has 104 valence electrons. The topological polar surface area (TPSA) is 104 Å². The number of hydrogen-bond donors (Lipinski definition) is 3. The van der Waals surface area contributed by atoms with E-state index in [4.69, 9.17) is 4.42 Å². The summed E-state index contributed by atoms with van der Waals surface area (Å²) in [6.45, 7) is 1.89.